The molecule has 7 nitrogen and oxygen atoms in total. The monoisotopic (exact) mass is 422 g/mol. The molecule has 0 bridgehead atoms. The van der Waals surface area contributed by atoms with Crippen molar-refractivity contribution in [1.82, 2.24) is 10.9 Å². The van der Waals surface area contributed by atoms with Gasteiger partial charge in [-0.2, -0.15) is 0 Å². The Bertz CT molecular complexity index is 782. The van der Waals surface area contributed by atoms with E-state index >= 15 is 0 Å². The second-order valence-corrected chi connectivity index (χ2v) is 6.09. The third kappa shape index (κ3) is 5.96. The summed E-state index contributed by atoms with van der Waals surface area (Å²) >= 11 is 3.39. The van der Waals surface area contributed by atoms with E-state index in [1.165, 1.54) is 7.11 Å². The van der Waals surface area contributed by atoms with Crippen molar-refractivity contribution in [2.24, 2.45) is 0 Å². The highest BCUT2D eigenvalue weighted by molar-refractivity contribution is 9.10. The minimum absolute atomic E-state index is 0.227. The fourth-order valence-corrected chi connectivity index (χ4v) is 2.20. The van der Waals surface area contributed by atoms with E-state index in [1.807, 2.05) is 13.0 Å². The number of para-hydroxylation sites is 2. The summed E-state index contributed by atoms with van der Waals surface area (Å²) in [7, 11) is 1.51. The Balaban J connectivity index is 1.71. The minimum Gasteiger partial charge on any atom is -0.493 e. The molecule has 138 valence electrons. The number of aryl methyl sites for hydroxylation is 1. The lowest BCUT2D eigenvalue weighted by Crippen LogP contribution is -2.45. The Morgan fingerprint density at radius 1 is 0.962 bits per heavy atom. The molecule has 0 spiro atoms. The van der Waals surface area contributed by atoms with Gasteiger partial charge in [-0.25, -0.2) is 0 Å². The lowest BCUT2D eigenvalue weighted by atomic mass is 10.2. The molecule has 0 fully saturated rings. The van der Waals surface area contributed by atoms with E-state index in [-0.39, 0.29) is 13.2 Å². The molecule has 2 N–H and O–H groups in total. The van der Waals surface area contributed by atoms with Crippen LogP contribution in [0.3, 0.4) is 0 Å². The molecular weight excluding hydrogens is 404 g/mol. The van der Waals surface area contributed by atoms with Gasteiger partial charge in [-0.15, -0.1) is 0 Å². The zero-order valence-electron chi connectivity index (χ0n) is 14.4. The standard InChI is InChI=1S/C18H19BrN2O5/c1-12-9-13(7-8-14(12)19)25-10-17(22)20-21-18(23)11-26-16-6-4-3-5-15(16)24-2/h3-9H,10-11H2,1-2H3,(H,20,22)(H,21,23). The summed E-state index contributed by atoms with van der Waals surface area (Å²) in [4.78, 5) is 23.5. The van der Waals surface area contributed by atoms with Crippen LogP contribution in [-0.2, 0) is 9.59 Å². The third-order valence-electron chi connectivity index (χ3n) is 3.27. The number of carbonyl (C=O) groups is 2. The van der Waals surface area contributed by atoms with Crippen LogP contribution in [0.4, 0.5) is 0 Å². The van der Waals surface area contributed by atoms with E-state index in [2.05, 4.69) is 26.8 Å². The van der Waals surface area contributed by atoms with Gasteiger partial charge in [0.1, 0.15) is 5.75 Å². The smallest absolute Gasteiger partial charge is 0.276 e. The molecule has 0 atom stereocenters. The van der Waals surface area contributed by atoms with Gasteiger partial charge in [0.05, 0.1) is 7.11 Å². The van der Waals surface area contributed by atoms with Crippen molar-refractivity contribution in [3.8, 4) is 17.2 Å². The predicted octanol–water partition coefficient (Wildman–Crippen LogP) is 2.37. The van der Waals surface area contributed by atoms with Gasteiger partial charge in [0, 0.05) is 4.47 Å². The van der Waals surface area contributed by atoms with E-state index in [0.29, 0.717) is 17.2 Å². The molecule has 2 aromatic carbocycles. The van der Waals surface area contributed by atoms with Crippen molar-refractivity contribution < 1.29 is 23.8 Å². The van der Waals surface area contributed by atoms with Gasteiger partial charge in [0.25, 0.3) is 11.8 Å². The normalized spacial score (nSPS) is 9.96. The van der Waals surface area contributed by atoms with Crippen molar-refractivity contribution >= 4 is 27.7 Å². The molecule has 0 aliphatic rings. The SMILES string of the molecule is COc1ccccc1OCC(=O)NNC(=O)COc1ccc(Br)c(C)c1. The van der Waals surface area contributed by atoms with E-state index < -0.39 is 11.8 Å². The highest BCUT2D eigenvalue weighted by Gasteiger charge is 2.09. The van der Waals surface area contributed by atoms with Crippen molar-refractivity contribution in [2.75, 3.05) is 20.3 Å². The van der Waals surface area contributed by atoms with Gasteiger partial charge >= 0.3 is 0 Å². The molecule has 8 heteroatoms. The highest BCUT2D eigenvalue weighted by Crippen LogP contribution is 2.25. The van der Waals surface area contributed by atoms with Crippen LogP contribution in [0, 0.1) is 6.92 Å². The quantitative estimate of drug-likeness (QED) is 0.668. The largest absolute Gasteiger partial charge is 0.493 e. The number of ether oxygens (including phenoxy) is 3. The Morgan fingerprint density at radius 2 is 1.58 bits per heavy atom. The van der Waals surface area contributed by atoms with E-state index in [0.717, 1.165) is 10.0 Å². The Hall–Kier alpha value is -2.74. The molecule has 2 rings (SSSR count). The molecule has 26 heavy (non-hydrogen) atoms. The first-order valence-electron chi connectivity index (χ1n) is 7.72. The molecule has 0 saturated heterocycles. The number of nitrogens with one attached hydrogen (secondary N) is 2. The first-order valence-corrected chi connectivity index (χ1v) is 8.51. The number of hydrazine groups is 1. The molecule has 0 radical (unpaired) electrons. The van der Waals surface area contributed by atoms with Gasteiger partial charge in [-0.05, 0) is 42.8 Å². The molecule has 0 aliphatic heterocycles. The lowest BCUT2D eigenvalue weighted by molar-refractivity contribution is -0.131. The fourth-order valence-electron chi connectivity index (χ4n) is 1.95. The summed E-state index contributed by atoms with van der Waals surface area (Å²) in [5.74, 6) is 0.514. The second kappa shape index (κ2) is 9.67. The first kappa shape index (κ1) is 19.6. The van der Waals surface area contributed by atoms with Crippen molar-refractivity contribution in [3.05, 3.63) is 52.5 Å². The first-order chi connectivity index (χ1) is 12.5. The lowest BCUT2D eigenvalue weighted by Gasteiger charge is -2.11. The van der Waals surface area contributed by atoms with Gasteiger partial charge in [-0.3, -0.25) is 20.4 Å². The Morgan fingerprint density at radius 3 is 2.19 bits per heavy atom. The van der Waals surface area contributed by atoms with Crippen LogP contribution in [0.15, 0.2) is 46.9 Å². The zero-order chi connectivity index (χ0) is 18.9. The zero-order valence-corrected chi connectivity index (χ0v) is 16.0. The van der Waals surface area contributed by atoms with E-state index in [1.54, 1.807) is 36.4 Å². The van der Waals surface area contributed by atoms with Crippen LogP contribution in [0.2, 0.25) is 0 Å². The molecule has 0 aliphatic carbocycles. The predicted molar refractivity (Wildman–Crippen MR) is 99.1 cm³/mol. The summed E-state index contributed by atoms with van der Waals surface area (Å²) < 4.78 is 16.8. The average Bonchev–Trinajstić information content (AvgIpc) is 2.65. The number of methoxy groups -OCH3 is 1. The molecule has 0 aromatic heterocycles. The third-order valence-corrected chi connectivity index (χ3v) is 4.16. The number of amides is 2. The molecule has 0 unspecified atom stereocenters. The molecule has 0 heterocycles. The van der Waals surface area contributed by atoms with E-state index in [4.69, 9.17) is 14.2 Å². The molecule has 0 saturated carbocycles. The number of benzene rings is 2. The van der Waals surface area contributed by atoms with Crippen LogP contribution in [0.25, 0.3) is 0 Å². The van der Waals surface area contributed by atoms with Crippen LogP contribution < -0.4 is 25.1 Å². The number of hydrogen-bond acceptors (Lipinski definition) is 5. The van der Waals surface area contributed by atoms with Gasteiger partial charge < -0.3 is 14.2 Å². The van der Waals surface area contributed by atoms with Gasteiger partial charge in [0.2, 0.25) is 0 Å². The number of hydrogen-bond donors (Lipinski definition) is 2. The number of carbonyl (C=O) groups excluding carboxylic acids is 2. The van der Waals surface area contributed by atoms with Crippen molar-refractivity contribution in [3.63, 3.8) is 0 Å². The highest BCUT2D eigenvalue weighted by atomic mass is 79.9. The summed E-state index contributed by atoms with van der Waals surface area (Å²) in [6.45, 7) is 1.42. The van der Waals surface area contributed by atoms with Crippen molar-refractivity contribution in [2.45, 2.75) is 6.92 Å². The Kier molecular flexibility index (Phi) is 7.28. The fraction of sp³-hybridized carbons (Fsp3) is 0.222. The maximum atomic E-state index is 11.7. The van der Waals surface area contributed by atoms with Gasteiger partial charge in [-0.1, -0.05) is 28.1 Å². The summed E-state index contributed by atoms with van der Waals surface area (Å²) in [6.07, 6.45) is 0. The molecule has 2 aromatic rings. The van der Waals surface area contributed by atoms with Crippen LogP contribution >= 0.6 is 15.9 Å². The molecule has 2 amide bonds. The van der Waals surface area contributed by atoms with Crippen LogP contribution in [-0.4, -0.2) is 32.1 Å². The summed E-state index contributed by atoms with van der Waals surface area (Å²) in [5, 5.41) is 0. The molecular formula is C18H19BrN2O5. The summed E-state index contributed by atoms with van der Waals surface area (Å²) in [6, 6.07) is 12.3. The summed E-state index contributed by atoms with van der Waals surface area (Å²) in [5.41, 5.74) is 5.51. The second-order valence-electron chi connectivity index (χ2n) is 5.24. The minimum atomic E-state index is -0.510. The number of rotatable bonds is 7. The van der Waals surface area contributed by atoms with Crippen LogP contribution in [0.5, 0.6) is 17.2 Å². The Labute approximate surface area is 159 Å². The topological polar surface area (TPSA) is 85.9 Å². The van der Waals surface area contributed by atoms with Crippen molar-refractivity contribution in [1.29, 1.82) is 0 Å². The van der Waals surface area contributed by atoms with Gasteiger partial charge in [0.15, 0.2) is 24.7 Å². The maximum Gasteiger partial charge on any atom is 0.276 e. The average molecular weight is 423 g/mol. The van der Waals surface area contributed by atoms with Crippen LogP contribution in [0.1, 0.15) is 5.56 Å². The number of halogens is 1. The van der Waals surface area contributed by atoms with E-state index in [9.17, 15) is 9.59 Å². The maximum absolute atomic E-state index is 11.7.